The van der Waals surface area contributed by atoms with Gasteiger partial charge in [0.05, 0.1) is 17.5 Å². The van der Waals surface area contributed by atoms with Crippen LogP contribution in [0.3, 0.4) is 0 Å². The second kappa shape index (κ2) is 8.19. The number of phenols is 1. The average molecular weight is 508 g/mol. The zero-order valence-electron chi connectivity index (χ0n) is 21.0. The van der Waals surface area contributed by atoms with E-state index < -0.39 is 64.4 Å². The molecule has 5 rings (SSSR count). The molecule has 0 saturated heterocycles. The third-order valence-corrected chi connectivity index (χ3v) is 8.36. The van der Waals surface area contributed by atoms with Crippen LogP contribution in [0.5, 0.6) is 5.75 Å². The van der Waals surface area contributed by atoms with E-state index in [1.807, 2.05) is 31.1 Å². The highest BCUT2D eigenvalue weighted by atomic mass is 16.3. The molecule has 6 atom stereocenters. The number of rotatable bonds is 3. The molecular weight excluding hydrogens is 478 g/mol. The number of primary amides is 1. The van der Waals surface area contributed by atoms with Gasteiger partial charge in [-0.15, -0.1) is 0 Å². The average Bonchev–Trinajstić information content (AvgIpc) is 2.81. The molecule has 194 valence electrons. The summed E-state index contributed by atoms with van der Waals surface area (Å²) in [4.78, 5) is 69.8. The van der Waals surface area contributed by atoms with Crippen molar-refractivity contribution in [3.05, 3.63) is 35.4 Å². The first kappa shape index (κ1) is 25.0. The van der Waals surface area contributed by atoms with Gasteiger partial charge in [0.2, 0.25) is 5.91 Å². The Labute approximate surface area is 213 Å². The summed E-state index contributed by atoms with van der Waals surface area (Å²) in [5.74, 6) is -10.4. The maximum atomic E-state index is 13.9. The number of hydrogen-bond donors (Lipinski definition) is 3. The van der Waals surface area contributed by atoms with Gasteiger partial charge >= 0.3 is 0 Å². The molecule has 0 aliphatic heterocycles. The molecule has 2 aromatic rings. The summed E-state index contributed by atoms with van der Waals surface area (Å²) in [6.07, 6.45) is 0.238. The summed E-state index contributed by atoms with van der Waals surface area (Å²) in [6, 6.07) is 5.95. The molecule has 37 heavy (non-hydrogen) atoms. The Kier molecular flexibility index (Phi) is 5.54. The number of carbonyl (C=O) groups excluding carboxylic acids is 5. The minimum absolute atomic E-state index is 0.00556. The van der Waals surface area contributed by atoms with Crippen LogP contribution >= 0.6 is 0 Å². The quantitative estimate of drug-likeness (QED) is 0.489. The molecule has 10 heteroatoms. The van der Waals surface area contributed by atoms with Gasteiger partial charge in [-0.1, -0.05) is 24.3 Å². The van der Waals surface area contributed by atoms with Crippen molar-refractivity contribution in [2.45, 2.75) is 24.5 Å². The number of nitrogens with two attached hydrogens (primary N) is 1. The lowest BCUT2D eigenvalue weighted by molar-refractivity contribution is -0.181. The van der Waals surface area contributed by atoms with Gasteiger partial charge in [0, 0.05) is 36.5 Å². The Morgan fingerprint density at radius 2 is 1.65 bits per heavy atom. The lowest BCUT2D eigenvalue weighted by Crippen LogP contribution is -2.74. The number of nitrogens with zero attached hydrogens (tertiary/aromatic N) is 2. The molecule has 0 radical (unpaired) electrons. The van der Waals surface area contributed by atoms with E-state index in [2.05, 4.69) is 0 Å². The fourth-order valence-electron chi connectivity index (χ4n) is 6.91. The fourth-order valence-corrected chi connectivity index (χ4v) is 6.91. The third kappa shape index (κ3) is 3.15. The number of fused-ring (bicyclic) bond motifs is 4. The van der Waals surface area contributed by atoms with Crippen molar-refractivity contribution in [3.63, 3.8) is 0 Å². The molecule has 0 heterocycles. The predicted octanol–water partition coefficient (Wildman–Crippen LogP) is 0.0862. The number of Topliss-reactive ketones (excluding diaryl/α,β-unsaturated/α-hetero) is 4. The van der Waals surface area contributed by atoms with Crippen LogP contribution in [-0.2, 0) is 25.6 Å². The Balaban J connectivity index is 1.72. The van der Waals surface area contributed by atoms with Gasteiger partial charge in [0.25, 0.3) is 0 Å². The van der Waals surface area contributed by atoms with Gasteiger partial charge in [-0.3, -0.25) is 28.9 Å². The lowest BCUT2D eigenvalue weighted by Gasteiger charge is -2.52. The molecule has 2 unspecified atom stereocenters. The summed E-state index contributed by atoms with van der Waals surface area (Å²) < 4.78 is 0. The molecular formula is C27H29N3O7. The molecule has 1 amide bonds. The summed E-state index contributed by atoms with van der Waals surface area (Å²) in [6.45, 7) is 0. The minimum atomic E-state index is -2.73. The van der Waals surface area contributed by atoms with E-state index in [4.69, 9.17) is 5.73 Å². The summed E-state index contributed by atoms with van der Waals surface area (Å²) >= 11 is 0. The number of likely N-dealkylation sites (N-methyl/N-ethyl adjacent to an activating group) is 1. The van der Waals surface area contributed by atoms with Gasteiger partial charge < -0.3 is 20.8 Å². The van der Waals surface area contributed by atoms with Crippen molar-refractivity contribution >= 4 is 45.5 Å². The first-order chi connectivity index (χ1) is 17.3. The van der Waals surface area contributed by atoms with E-state index in [-0.39, 0.29) is 24.2 Å². The summed E-state index contributed by atoms with van der Waals surface area (Å²) in [5, 5.41) is 24.0. The van der Waals surface area contributed by atoms with Crippen LogP contribution in [0.1, 0.15) is 22.3 Å². The maximum Gasteiger partial charge on any atom is 0.235 e. The Morgan fingerprint density at radius 1 is 1.03 bits per heavy atom. The number of phenolic OH excluding ortho intramolecular Hbond substituents is 1. The van der Waals surface area contributed by atoms with Gasteiger partial charge in [-0.2, -0.15) is 0 Å². The van der Waals surface area contributed by atoms with Crippen molar-refractivity contribution in [3.8, 4) is 5.75 Å². The molecule has 2 aromatic carbocycles. The van der Waals surface area contributed by atoms with Crippen molar-refractivity contribution in [2.75, 3.05) is 33.1 Å². The zero-order chi connectivity index (χ0) is 27.1. The van der Waals surface area contributed by atoms with E-state index in [9.17, 15) is 34.2 Å². The van der Waals surface area contributed by atoms with Crippen LogP contribution in [0.25, 0.3) is 10.8 Å². The van der Waals surface area contributed by atoms with Gasteiger partial charge in [0.1, 0.15) is 5.75 Å². The maximum absolute atomic E-state index is 13.9. The molecule has 0 aromatic heterocycles. The molecule has 10 nitrogen and oxygen atoms in total. The first-order valence-corrected chi connectivity index (χ1v) is 12.1. The van der Waals surface area contributed by atoms with E-state index >= 15 is 0 Å². The first-order valence-electron chi connectivity index (χ1n) is 12.1. The van der Waals surface area contributed by atoms with E-state index in [0.717, 1.165) is 11.1 Å². The Morgan fingerprint density at radius 3 is 2.22 bits per heavy atom. The number of benzene rings is 2. The minimum Gasteiger partial charge on any atom is -0.507 e. The molecule has 0 spiro atoms. The Bertz CT molecular complexity index is 1410. The molecule has 4 N–H and O–H groups in total. The highest BCUT2D eigenvalue weighted by Gasteiger charge is 2.69. The number of hydrogen-bond acceptors (Lipinski definition) is 9. The van der Waals surface area contributed by atoms with E-state index in [0.29, 0.717) is 10.9 Å². The van der Waals surface area contributed by atoms with Crippen molar-refractivity contribution in [1.82, 2.24) is 4.90 Å². The van der Waals surface area contributed by atoms with Crippen LogP contribution in [0, 0.1) is 23.7 Å². The van der Waals surface area contributed by atoms with Crippen LogP contribution in [0.15, 0.2) is 24.3 Å². The van der Waals surface area contributed by atoms with E-state index in [1.54, 1.807) is 26.2 Å². The third-order valence-electron chi connectivity index (χ3n) is 8.36. The van der Waals surface area contributed by atoms with Crippen LogP contribution in [0.2, 0.25) is 0 Å². The second-order valence-corrected chi connectivity index (χ2v) is 10.8. The van der Waals surface area contributed by atoms with Crippen LogP contribution in [-0.4, -0.2) is 84.0 Å². The van der Waals surface area contributed by atoms with Crippen LogP contribution in [0.4, 0.5) is 5.69 Å². The zero-order valence-corrected chi connectivity index (χ0v) is 21.0. The monoisotopic (exact) mass is 507 g/mol. The standard InChI is InChI=1S/C27H29N3O7/c1-29(2)19-12-7-5-6-8-13(12)21(31)17-14(19)9-11-10-15-20(30(3)4)23(33)18(26(28)36)25(35)27(15,37)24(34)16(11)22(17)32/h5-8,11,15-16,18,20,31,37H,9-10H2,1-4H3,(H2,28,36)/t11-,15-,16?,18?,20-,27-/m0/s1. The van der Waals surface area contributed by atoms with Crippen LogP contribution < -0.4 is 10.6 Å². The predicted molar refractivity (Wildman–Crippen MR) is 133 cm³/mol. The number of amides is 1. The smallest absolute Gasteiger partial charge is 0.235 e. The normalized spacial score (nSPS) is 31.2. The highest BCUT2D eigenvalue weighted by Crippen LogP contribution is 2.53. The number of ketones is 4. The second-order valence-electron chi connectivity index (χ2n) is 10.8. The van der Waals surface area contributed by atoms with E-state index in [1.165, 1.54) is 4.90 Å². The van der Waals surface area contributed by atoms with Crippen molar-refractivity contribution < 1.29 is 34.2 Å². The van der Waals surface area contributed by atoms with Gasteiger partial charge in [0.15, 0.2) is 34.7 Å². The largest absolute Gasteiger partial charge is 0.507 e. The number of carbonyl (C=O) groups is 5. The number of aliphatic hydroxyl groups is 1. The molecule has 2 saturated carbocycles. The fraction of sp³-hybridized carbons (Fsp3) is 0.444. The lowest BCUT2D eigenvalue weighted by atomic mass is 9.52. The highest BCUT2D eigenvalue weighted by molar-refractivity contribution is 6.32. The van der Waals surface area contributed by atoms with Crippen molar-refractivity contribution in [1.29, 1.82) is 0 Å². The van der Waals surface area contributed by atoms with Crippen molar-refractivity contribution in [2.24, 2.45) is 29.4 Å². The summed E-state index contributed by atoms with van der Waals surface area (Å²) in [5.41, 5.74) is 3.93. The SMILES string of the molecule is CN(C)c1c2c(c(O)c3ccccc13)C(=O)C1C(=O)[C@]3(O)C(=O)C(C(N)=O)C(=O)[C@@H](N(C)C)[C@@H]3C[C@@H]1C2. The topological polar surface area (TPSA) is 158 Å². The molecule has 3 aliphatic rings. The number of anilines is 1. The molecule has 3 aliphatic carbocycles. The molecule has 0 bridgehead atoms. The summed E-state index contributed by atoms with van der Waals surface area (Å²) in [7, 11) is 6.77. The van der Waals surface area contributed by atoms with Gasteiger partial charge in [-0.25, -0.2) is 0 Å². The Hall–Kier alpha value is -3.63. The number of aromatic hydroxyl groups is 1. The van der Waals surface area contributed by atoms with Gasteiger partial charge in [-0.05, 0) is 38.4 Å². The molecule has 2 fully saturated rings.